The smallest absolute Gasteiger partial charge is 0.463 e. The molecule has 0 aliphatic rings. The predicted octanol–water partition coefficient (Wildman–Crippen LogP) is 11.0. The van der Waals surface area contributed by atoms with Crippen molar-refractivity contribution in [2.24, 2.45) is 0 Å². The third-order valence-electron chi connectivity index (χ3n) is 10.1. The largest absolute Gasteiger partial charge is 0.513 e. The summed E-state index contributed by atoms with van der Waals surface area (Å²) in [4.78, 5) is 97.5. The van der Waals surface area contributed by atoms with Crippen LogP contribution in [-0.4, -0.2) is 67.8 Å². The molecule has 0 saturated heterocycles. The van der Waals surface area contributed by atoms with Crippen LogP contribution in [0.1, 0.15) is 106 Å². The van der Waals surface area contributed by atoms with Gasteiger partial charge in [-0.05, 0) is 166 Å². The Balaban J connectivity index is 0.967. The Morgan fingerprint density at radius 3 is 0.889 bits per heavy atom. The summed E-state index contributed by atoms with van der Waals surface area (Å²) in [5.74, 6) is -2.25. The van der Waals surface area contributed by atoms with Gasteiger partial charge in [-0.2, -0.15) is 0 Å². The fourth-order valence-electron chi connectivity index (χ4n) is 6.26. The highest BCUT2D eigenvalue weighted by atomic mass is 16.7. The Kier molecular flexibility index (Phi) is 22.0. The highest BCUT2D eigenvalue weighted by Crippen LogP contribution is 2.23. The number of ether oxygens (including phenoxy) is 9. The average Bonchev–Trinajstić information content (AvgIpc) is 3.39. The molecule has 5 aromatic carbocycles. The van der Waals surface area contributed by atoms with Gasteiger partial charge in [0.25, 0.3) is 0 Å². The first-order valence-electron chi connectivity index (χ1n) is 22.9. The van der Waals surface area contributed by atoms with Crippen molar-refractivity contribution in [1.82, 2.24) is 0 Å². The number of rotatable bonds is 27. The van der Waals surface area contributed by atoms with Crippen molar-refractivity contribution in [2.45, 2.75) is 64.2 Å². The number of esters is 5. The minimum atomic E-state index is -0.893. The average molecular weight is 985 g/mol. The molecule has 0 unspecified atom stereocenters. The fraction of sp³-hybridized carbons (Fsp3) is 0.236. The second kappa shape index (κ2) is 29.2. The van der Waals surface area contributed by atoms with Crippen molar-refractivity contribution in [3.05, 3.63) is 169 Å². The van der Waals surface area contributed by atoms with E-state index in [1.54, 1.807) is 0 Å². The standard InChI is InChI=1S/C55H52O17/c1-3-42(56)14-10-6-5-7-12-36-65-54(62)71-47-27-19-40(20-28-47)50(58)67-43-23-15-38(16-24-43)52(60)69-45-31-33-46(34-32-45)70-53(61)39-17-25-44(26-18-39)68-51(59)41-21-29-48(30-22-41)72-55(63)66-37-13-9-8-11-35-64-49(57)4-2/h3-4,15-34H,1-2,5-14,35-37H2. The van der Waals surface area contributed by atoms with E-state index in [0.29, 0.717) is 32.3 Å². The van der Waals surface area contributed by atoms with Crippen LogP contribution in [0.5, 0.6) is 34.5 Å². The summed E-state index contributed by atoms with van der Waals surface area (Å²) in [6.45, 7) is 7.42. The molecule has 0 fully saturated rings. The maximum atomic E-state index is 12.8. The quantitative estimate of drug-likeness (QED) is 0.0119. The lowest BCUT2D eigenvalue weighted by atomic mass is 10.1. The molecule has 5 aromatic rings. The summed E-state index contributed by atoms with van der Waals surface area (Å²) < 4.78 is 47.1. The van der Waals surface area contributed by atoms with Gasteiger partial charge >= 0.3 is 42.2 Å². The first-order chi connectivity index (χ1) is 34.9. The number of hydrogen-bond acceptors (Lipinski definition) is 17. The van der Waals surface area contributed by atoms with E-state index in [2.05, 4.69) is 13.2 Å². The van der Waals surface area contributed by atoms with Gasteiger partial charge in [-0.3, -0.25) is 4.79 Å². The zero-order valence-electron chi connectivity index (χ0n) is 39.2. The normalized spacial score (nSPS) is 10.4. The molecule has 0 heterocycles. The van der Waals surface area contributed by atoms with E-state index in [4.69, 9.17) is 42.6 Å². The van der Waals surface area contributed by atoms with Gasteiger partial charge in [0.05, 0.1) is 42.1 Å². The number of carbonyl (C=O) groups excluding carboxylic acids is 8. The molecule has 5 rings (SSSR count). The lowest BCUT2D eigenvalue weighted by Crippen LogP contribution is -2.12. The molecule has 0 aliphatic heterocycles. The van der Waals surface area contributed by atoms with Crippen LogP contribution in [0, 0.1) is 0 Å². The Labute approximate surface area is 415 Å². The molecule has 0 amide bonds. The topological polar surface area (TPSA) is 220 Å². The number of carbonyl (C=O) groups is 8. The van der Waals surface area contributed by atoms with Gasteiger partial charge in [0.1, 0.15) is 34.5 Å². The Morgan fingerprint density at radius 1 is 0.319 bits per heavy atom. The molecule has 0 aromatic heterocycles. The monoisotopic (exact) mass is 984 g/mol. The van der Waals surface area contributed by atoms with Crippen LogP contribution in [0.3, 0.4) is 0 Å². The van der Waals surface area contributed by atoms with Crippen LogP contribution in [0.4, 0.5) is 9.59 Å². The fourth-order valence-corrected chi connectivity index (χ4v) is 6.26. The van der Waals surface area contributed by atoms with Gasteiger partial charge in [0, 0.05) is 12.5 Å². The van der Waals surface area contributed by atoms with E-state index in [1.165, 1.54) is 127 Å². The molecule has 0 bridgehead atoms. The second-order valence-electron chi connectivity index (χ2n) is 15.5. The molecule has 374 valence electrons. The third kappa shape index (κ3) is 19.3. The predicted molar refractivity (Wildman–Crippen MR) is 259 cm³/mol. The zero-order valence-corrected chi connectivity index (χ0v) is 39.2. The molecule has 0 atom stereocenters. The van der Waals surface area contributed by atoms with Gasteiger partial charge in [0.15, 0.2) is 5.78 Å². The summed E-state index contributed by atoms with van der Waals surface area (Å²) in [7, 11) is 0. The van der Waals surface area contributed by atoms with Gasteiger partial charge in [-0.25, -0.2) is 33.6 Å². The molecule has 72 heavy (non-hydrogen) atoms. The summed E-state index contributed by atoms with van der Waals surface area (Å²) in [5.41, 5.74) is 0.674. The van der Waals surface area contributed by atoms with Crippen molar-refractivity contribution in [3.63, 3.8) is 0 Å². The highest BCUT2D eigenvalue weighted by molar-refractivity contribution is 5.94. The molecule has 0 spiro atoms. The maximum Gasteiger partial charge on any atom is 0.513 e. The minimum absolute atomic E-state index is 0.0322. The molecule has 0 aliphatic carbocycles. The van der Waals surface area contributed by atoms with Crippen LogP contribution in [-0.2, 0) is 23.8 Å². The van der Waals surface area contributed by atoms with Crippen LogP contribution in [0.25, 0.3) is 0 Å². The Hall–Kier alpha value is -8.86. The lowest BCUT2D eigenvalue weighted by Gasteiger charge is -2.09. The summed E-state index contributed by atoms with van der Waals surface area (Å²) in [5, 5.41) is 0. The molecule has 0 saturated carbocycles. The third-order valence-corrected chi connectivity index (χ3v) is 10.1. The summed E-state index contributed by atoms with van der Waals surface area (Å²) in [6, 6.07) is 28.4. The van der Waals surface area contributed by atoms with Crippen molar-refractivity contribution in [2.75, 3.05) is 19.8 Å². The van der Waals surface area contributed by atoms with Crippen molar-refractivity contribution >= 4 is 47.9 Å². The summed E-state index contributed by atoms with van der Waals surface area (Å²) >= 11 is 0. The Morgan fingerprint density at radius 2 is 0.583 bits per heavy atom. The number of benzene rings is 5. The van der Waals surface area contributed by atoms with E-state index >= 15 is 0 Å². The number of ketones is 1. The summed E-state index contributed by atoms with van der Waals surface area (Å²) in [6.07, 6.45) is 8.12. The van der Waals surface area contributed by atoms with E-state index in [-0.39, 0.29) is 75.7 Å². The first-order valence-corrected chi connectivity index (χ1v) is 22.9. The van der Waals surface area contributed by atoms with E-state index < -0.39 is 42.2 Å². The van der Waals surface area contributed by atoms with Gasteiger partial charge in [-0.1, -0.05) is 32.4 Å². The Bertz CT molecular complexity index is 2450. The van der Waals surface area contributed by atoms with Crippen molar-refractivity contribution < 1.29 is 81.0 Å². The highest BCUT2D eigenvalue weighted by Gasteiger charge is 2.16. The number of unbranched alkanes of at least 4 members (excludes halogenated alkanes) is 7. The maximum absolute atomic E-state index is 12.8. The van der Waals surface area contributed by atoms with Gasteiger partial charge in [0.2, 0.25) is 0 Å². The molecular formula is C55H52O17. The number of allylic oxidation sites excluding steroid dienone is 1. The van der Waals surface area contributed by atoms with Crippen molar-refractivity contribution in [3.8, 4) is 34.5 Å². The van der Waals surface area contributed by atoms with E-state index in [9.17, 15) is 38.4 Å². The van der Waals surface area contributed by atoms with Crippen LogP contribution in [0.15, 0.2) is 147 Å². The van der Waals surface area contributed by atoms with Crippen LogP contribution < -0.4 is 28.4 Å². The first kappa shape index (κ1) is 54.1. The van der Waals surface area contributed by atoms with E-state index in [0.717, 1.165) is 44.6 Å². The van der Waals surface area contributed by atoms with Gasteiger partial charge < -0.3 is 42.6 Å². The van der Waals surface area contributed by atoms with E-state index in [1.807, 2.05) is 0 Å². The minimum Gasteiger partial charge on any atom is -0.463 e. The van der Waals surface area contributed by atoms with Crippen molar-refractivity contribution in [1.29, 1.82) is 0 Å². The van der Waals surface area contributed by atoms with Crippen LogP contribution in [0.2, 0.25) is 0 Å². The SMILES string of the molecule is C=CC(=O)CCCCCCCOC(=O)Oc1ccc(C(=O)Oc2ccc(C(=O)Oc3ccc(OC(=O)c4ccc(OC(=O)c5ccc(OC(=O)OCCCCCCOC(=O)C=C)cc5)cc4)cc3)cc2)cc1. The molecule has 17 nitrogen and oxygen atoms in total. The molecular weight excluding hydrogens is 933 g/mol. The zero-order chi connectivity index (χ0) is 51.5. The molecule has 0 radical (unpaired) electrons. The molecule has 0 N–H and O–H groups in total. The lowest BCUT2D eigenvalue weighted by molar-refractivity contribution is -0.137. The second-order valence-corrected chi connectivity index (χ2v) is 15.5. The molecule has 17 heteroatoms. The van der Waals surface area contributed by atoms with Crippen LogP contribution >= 0.6 is 0 Å². The van der Waals surface area contributed by atoms with Gasteiger partial charge in [-0.15, -0.1) is 0 Å². The number of hydrogen-bond donors (Lipinski definition) is 0.